The highest BCUT2D eigenvalue weighted by Gasteiger charge is 2.16. The van der Waals surface area contributed by atoms with Gasteiger partial charge in [-0.15, -0.1) is 0 Å². The number of nitrogens with zero attached hydrogens (tertiary/aromatic N) is 2. The Morgan fingerprint density at radius 3 is 2.26 bits per heavy atom. The van der Waals surface area contributed by atoms with Gasteiger partial charge in [0.15, 0.2) is 5.69 Å². The maximum atomic E-state index is 11.5. The van der Waals surface area contributed by atoms with Crippen LogP contribution in [0.1, 0.15) is 21.6 Å². The average Bonchev–Trinajstić information content (AvgIpc) is 3.20. The van der Waals surface area contributed by atoms with E-state index in [1.54, 1.807) is 36.4 Å². The number of nitrogens with two attached hydrogens (primary N) is 3. The number of benzene rings is 2. The maximum absolute atomic E-state index is 11.5. The molecule has 0 radical (unpaired) electrons. The van der Waals surface area contributed by atoms with Crippen molar-refractivity contribution in [1.82, 2.24) is 4.98 Å². The highest BCUT2D eigenvalue weighted by Crippen LogP contribution is 2.21. The molecule has 7 N–H and O–H groups in total. The van der Waals surface area contributed by atoms with E-state index in [1.807, 2.05) is 6.07 Å². The summed E-state index contributed by atoms with van der Waals surface area (Å²) in [6, 6.07) is 14.7. The number of carbonyl (C=O) groups is 1. The first-order chi connectivity index (χ1) is 14.6. The predicted molar refractivity (Wildman–Crippen MR) is 114 cm³/mol. The number of hydrogen-bond donors (Lipinski definition) is 4. The molecule has 0 atom stereocenters. The summed E-state index contributed by atoms with van der Waals surface area (Å²) < 4.78 is 28.0. The number of primary sulfonamides is 1. The van der Waals surface area contributed by atoms with Gasteiger partial charge in [0, 0.05) is 17.7 Å². The number of oxazole rings is 1. The third-order valence-corrected chi connectivity index (χ3v) is 5.21. The minimum atomic E-state index is -3.82. The van der Waals surface area contributed by atoms with Gasteiger partial charge in [0.05, 0.1) is 4.90 Å². The first kappa shape index (κ1) is 21.7. The molecule has 11 heteroatoms. The fraction of sp³-hybridized carbons (Fsp3) is 0.0500. The molecule has 3 rings (SSSR count). The normalized spacial score (nSPS) is 13.0. The molecule has 160 valence electrons. The Morgan fingerprint density at radius 1 is 1.06 bits per heavy atom. The molecule has 31 heavy (non-hydrogen) atoms. The van der Waals surface area contributed by atoms with Crippen molar-refractivity contribution in [2.24, 2.45) is 21.6 Å². The van der Waals surface area contributed by atoms with Gasteiger partial charge >= 0.3 is 12.0 Å². The van der Waals surface area contributed by atoms with Crippen LogP contribution in [0.2, 0.25) is 0 Å². The molecular formula is C20H19N5O5S. The zero-order chi connectivity index (χ0) is 22.6. The number of aliphatic imine (C=N–C) groups is 1. The molecular weight excluding hydrogens is 422 g/mol. The molecule has 0 aliphatic heterocycles. The van der Waals surface area contributed by atoms with Gasteiger partial charge in [-0.3, -0.25) is 0 Å². The number of sulfonamides is 1. The van der Waals surface area contributed by atoms with Crippen molar-refractivity contribution in [2.45, 2.75) is 11.3 Å². The van der Waals surface area contributed by atoms with Gasteiger partial charge in [-0.25, -0.2) is 18.4 Å². The van der Waals surface area contributed by atoms with Crippen molar-refractivity contribution in [2.75, 3.05) is 0 Å². The van der Waals surface area contributed by atoms with E-state index >= 15 is 0 Å². The zero-order valence-corrected chi connectivity index (χ0v) is 16.9. The summed E-state index contributed by atoms with van der Waals surface area (Å²) in [5, 5.41) is 14.1. The number of aromatic nitrogens is 1. The molecule has 0 spiro atoms. The molecule has 0 aliphatic rings. The summed E-state index contributed by atoms with van der Waals surface area (Å²) in [6.45, 7) is 0. The highest BCUT2D eigenvalue weighted by molar-refractivity contribution is 7.89. The van der Waals surface area contributed by atoms with E-state index in [9.17, 15) is 13.2 Å². The SMILES string of the molecule is NC(=Nc1nc(C(=O)O)co1)C(Cc1ccc(S(N)(=O)=O)cc1)=C(N)c1ccccc1. The lowest BCUT2D eigenvalue weighted by atomic mass is 9.99. The first-order valence-corrected chi connectivity index (χ1v) is 10.4. The Labute approximate surface area is 177 Å². The lowest BCUT2D eigenvalue weighted by Crippen LogP contribution is -2.20. The minimum absolute atomic E-state index is 0.0274. The van der Waals surface area contributed by atoms with E-state index < -0.39 is 16.0 Å². The van der Waals surface area contributed by atoms with Gasteiger partial charge in [0.25, 0.3) is 0 Å². The van der Waals surface area contributed by atoms with Crippen LogP contribution in [0.5, 0.6) is 0 Å². The maximum Gasteiger partial charge on any atom is 0.357 e. The van der Waals surface area contributed by atoms with Gasteiger partial charge in [0.1, 0.15) is 12.1 Å². The van der Waals surface area contributed by atoms with E-state index in [0.29, 0.717) is 22.4 Å². The molecule has 1 heterocycles. The lowest BCUT2D eigenvalue weighted by Gasteiger charge is -2.12. The van der Waals surface area contributed by atoms with Crippen LogP contribution in [0, 0.1) is 0 Å². The fourth-order valence-corrected chi connectivity index (χ4v) is 3.22. The number of hydrogen-bond acceptors (Lipinski definition) is 7. The molecule has 0 saturated heterocycles. The number of carboxylic acid groups (broad SMARTS) is 1. The van der Waals surface area contributed by atoms with Crippen molar-refractivity contribution in [3.05, 3.63) is 83.3 Å². The Balaban J connectivity index is 2.02. The molecule has 0 saturated carbocycles. The Morgan fingerprint density at radius 2 is 1.71 bits per heavy atom. The van der Waals surface area contributed by atoms with Crippen LogP contribution >= 0.6 is 0 Å². The standard InChI is InChI=1S/C20H19N5O5S/c21-17(13-4-2-1-3-5-13)15(10-12-6-8-14(9-7-12)31(23,28)29)18(22)25-20-24-16(11-30-20)19(26)27/h1-9,11H,10,21H2,(H,26,27)(H2,22,24,25)(H2,23,28,29). The quantitative estimate of drug-likeness (QED) is 0.314. The second kappa shape index (κ2) is 8.81. The smallest absolute Gasteiger partial charge is 0.357 e. The third-order valence-electron chi connectivity index (χ3n) is 4.28. The van der Waals surface area contributed by atoms with E-state index in [4.69, 9.17) is 26.1 Å². The van der Waals surface area contributed by atoms with E-state index in [-0.39, 0.29) is 28.9 Å². The van der Waals surface area contributed by atoms with Crippen LogP contribution in [0.15, 0.2) is 80.7 Å². The van der Waals surface area contributed by atoms with E-state index in [0.717, 1.165) is 6.26 Å². The molecule has 0 unspecified atom stereocenters. The van der Waals surface area contributed by atoms with Crippen LogP contribution in [0.25, 0.3) is 5.70 Å². The molecule has 10 nitrogen and oxygen atoms in total. The monoisotopic (exact) mass is 441 g/mol. The molecule has 0 amide bonds. The molecule has 2 aromatic carbocycles. The van der Waals surface area contributed by atoms with Gasteiger partial charge in [0.2, 0.25) is 10.0 Å². The summed E-state index contributed by atoms with van der Waals surface area (Å²) in [7, 11) is -3.82. The van der Waals surface area contributed by atoms with Crippen LogP contribution < -0.4 is 16.6 Å². The van der Waals surface area contributed by atoms with Crippen LogP contribution in [-0.4, -0.2) is 30.3 Å². The largest absolute Gasteiger partial charge is 0.476 e. The molecule has 1 aromatic heterocycles. The van der Waals surface area contributed by atoms with E-state index in [2.05, 4.69) is 9.98 Å². The number of rotatable bonds is 7. The second-order valence-electron chi connectivity index (χ2n) is 6.44. The average molecular weight is 441 g/mol. The van der Waals surface area contributed by atoms with Crippen molar-refractivity contribution in [1.29, 1.82) is 0 Å². The first-order valence-electron chi connectivity index (χ1n) is 8.84. The van der Waals surface area contributed by atoms with Crippen molar-refractivity contribution < 1.29 is 22.7 Å². The molecule has 0 bridgehead atoms. The predicted octanol–water partition coefficient (Wildman–Crippen LogP) is 1.62. The molecule has 0 aliphatic carbocycles. The second-order valence-corrected chi connectivity index (χ2v) is 8.00. The minimum Gasteiger partial charge on any atom is -0.476 e. The van der Waals surface area contributed by atoms with Gasteiger partial charge < -0.3 is 21.0 Å². The molecule has 3 aromatic rings. The van der Waals surface area contributed by atoms with Crippen molar-refractivity contribution in [3.63, 3.8) is 0 Å². The summed E-state index contributed by atoms with van der Waals surface area (Å²) in [5.41, 5.74) is 14.3. The zero-order valence-electron chi connectivity index (χ0n) is 16.1. The topological polar surface area (TPSA) is 188 Å². The Bertz CT molecular complexity index is 1260. The van der Waals surface area contributed by atoms with Crippen molar-refractivity contribution in [3.8, 4) is 0 Å². The van der Waals surface area contributed by atoms with Crippen LogP contribution in [0.4, 0.5) is 6.01 Å². The third kappa shape index (κ3) is 5.35. The Hall–Kier alpha value is -3.96. The Kier molecular flexibility index (Phi) is 6.18. The van der Waals surface area contributed by atoms with Gasteiger partial charge in [-0.2, -0.15) is 9.98 Å². The number of amidine groups is 1. The summed E-state index contributed by atoms with van der Waals surface area (Å²) in [4.78, 5) is 18.7. The van der Waals surface area contributed by atoms with Gasteiger partial charge in [-0.1, -0.05) is 42.5 Å². The van der Waals surface area contributed by atoms with Crippen molar-refractivity contribution >= 4 is 33.5 Å². The van der Waals surface area contributed by atoms with E-state index in [1.165, 1.54) is 12.1 Å². The van der Waals surface area contributed by atoms with Gasteiger partial charge in [-0.05, 0) is 23.3 Å². The fourth-order valence-electron chi connectivity index (χ4n) is 2.70. The number of carboxylic acids is 1. The summed E-state index contributed by atoms with van der Waals surface area (Å²) >= 11 is 0. The summed E-state index contributed by atoms with van der Waals surface area (Å²) in [6.07, 6.45) is 1.15. The summed E-state index contributed by atoms with van der Waals surface area (Å²) in [5.74, 6) is -1.30. The lowest BCUT2D eigenvalue weighted by molar-refractivity contribution is 0.0690. The highest BCUT2D eigenvalue weighted by atomic mass is 32.2. The van der Waals surface area contributed by atoms with Crippen LogP contribution in [-0.2, 0) is 16.4 Å². The number of aromatic carboxylic acids is 1. The molecule has 0 fully saturated rings. The van der Waals surface area contributed by atoms with Crippen LogP contribution in [0.3, 0.4) is 0 Å².